The van der Waals surface area contributed by atoms with Crippen LogP contribution >= 0.6 is 0 Å². The summed E-state index contributed by atoms with van der Waals surface area (Å²) < 4.78 is 2.14. The zero-order chi connectivity index (χ0) is 17.3. The Kier molecular flexibility index (Phi) is 4.61. The second-order valence-corrected chi connectivity index (χ2v) is 8.00. The molecule has 1 atom stereocenters. The van der Waals surface area contributed by atoms with E-state index in [0.717, 1.165) is 18.8 Å². The van der Waals surface area contributed by atoms with Crippen LogP contribution in [-0.4, -0.2) is 50.5 Å². The van der Waals surface area contributed by atoms with Gasteiger partial charge in [0.1, 0.15) is 5.82 Å². The number of pyridine rings is 1. The third-order valence-corrected chi connectivity index (χ3v) is 5.88. The van der Waals surface area contributed by atoms with Crippen molar-refractivity contribution in [2.24, 2.45) is 12.5 Å². The van der Waals surface area contributed by atoms with E-state index in [4.69, 9.17) is 4.98 Å². The van der Waals surface area contributed by atoms with E-state index in [1.54, 1.807) is 0 Å². The summed E-state index contributed by atoms with van der Waals surface area (Å²) in [5, 5.41) is 0. The van der Waals surface area contributed by atoms with Crippen molar-refractivity contribution < 1.29 is 0 Å². The van der Waals surface area contributed by atoms with Gasteiger partial charge in [-0.2, -0.15) is 0 Å². The lowest BCUT2D eigenvalue weighted by Gasteiger charge is -2.40. The monoisotopic (exact) mass is 339 g/mol. The van der Waals surface area contributed by atoms with Crippen molar-refractivity contribution in [3.8, 4) is 0 Å². The first kappa shape index (κ1) is 16.7. The molecule has 0 N–H and O–H groups in total. The molecule has 5 heteroatoms. The molecule has 134 valence electrons. The number of aromatic nitrogens is 3. The first-order valence-corrected chi connectivity index (χ1v) is 9.45. The topological polar surface area (TPSA) is 37.2 Å². The molecule has 2 aromatic rings. The van der Waals surface area contributed by atoms with Crippen LogP contribution in [-0.2, 0) is 20.1 Å². The van der Waals surface area contributed by atoms with Crippen LogP contribution in [0.4, 0.5) is 0 Å². The van der Waals surface area contributed by atoms with E-state index in [1.807, 2.05) is 12.4 Å². The van der Waals surface area contributed by atoms with Gasteiger partial charge in [-0.15, -0.1) is 0 Å². The number of hydrogen-bond acceptors (Lipinski definition) is 4. The van der Waals surface area contributed by atoms with Crippen molar-refractivity contribution in [3.63, 3.8) is 0 Å². The van der Waals surface area contributed by atoms with Gasteiger partial charge in [0.25, 0.3) is 0 Å². The smallest absolute Gasteiger partial charge is 0.122 e. The van der Waals surface area contributed by atoms with E-state index < -0.39 is 0 Å². The normalized spacial score (nSPS) is 25.0. The maximum atomic E-state index is 4.69. The average molecular weight is 339 g/mol. The summed E-state index contributed by atoms with van der Waals surface area (Å²) in [5.41, 5.74) is 2.79. The van der Waals surface area contributed by atoms with Crippen molar-refractivity contribution >= 4 is 0 Å². The van der Waals surface area contributed by atoms with Gasteiger partial charge in [0.05, 0.1) is 12.2 Å². The van der Waals surface area contributed by atoms with Crippen LogP contribution in [0, 0.1) is 12.3 Å². The van der Waals surface area contributed by atoms with Crippen molar-refractivity contribution in [3.05, 3.63) is 47.8 Å². The summed E-state index contributed by atoms with van der Waals surface area (Å²) in [6.07, 6.45) is 7.93. The molecular formula is C20H29N5. The van der Waals surface area contributed by atoms with Gasteiger partial charge in [0.15, 0.2) is 0 Å². The molecule has 1 spiro atoms. The Hall–Kier alpha value is -1.72. The van der Waals surface area contributed by atoms with Gasteiger partial charge >= 0.3 is 0 Å². The van der Waals surface area contributed by atoms with E-state index in [1.165, 1.54) is 57.0 Å². The molecule has 2 aliphatic rings. The zero-order valence-corrected chi connectivity index (χ0v) is 15.5. The van der Waals surface area contributed by atoms with Gasteiger partial charge in [0, 0.05) is 44.8 Å². The molecule has 2 saturated heterocycles. The Bertz CT molecular complexity index is 724. The molecule has 5 nitrogen and oxygen atoms in total. The Balaban J connectivity index is 1.38. The number of piperidine rings is 1. The van der Waals surface area contributed by atoms with E-state index in [0.29, 0.717) is 5.41 Å². The molecule has 0 bridgehead atoms. The van der Waals surface area contributed by atoms with E-state index in [9.17, 15) is 0 Å². The molecule has 2 aromatic heterocycles. The van der Waals surface area contributed by atoms with Gasteiger partial charge in [-0.1, -0.05) is 6.07 Å². The third-order valence-electron chi connectivity index (χ3n) is 5.88. The fourth-order valence-corrected chi connectivity index (χ4v) is 4.61. The highest BCUT2D eigenvalue weighted by Gasteiger charge is 2.41. The Morgan fingerprint density at radius 2 is 1.92 bits per heavy atom. The van der Waals surface area contributed by atoms with E-state index in [2.05, 4.69) is 51.5 Å². The number of hydrogen-bond donors (Lipinski definition) is 0. The highest BCUT2D eigenvalue weighted by atomic mass is 15.2. The minimum Gasteiger partial charge on any atom is -0.337 e. The summed E-state index contributed by atoms with van der Waals surface area (Å²) >= 11 is 0. The summed E-state index contributed by atoms with van der Waals surface area (Å²) in [6.45, 7) is 8.86. The number of nitrogens with zero attached hydrogens (tertiary/aromatic N) is 5. The Morgan fingerprint density at radius 3 is 2.68 bits per heavy atom. The molecule has 0 aromatic carbocycles. The largest absolute Gasteiger partial charge is 0.337 e. The van der Waals surface area contributed by atoms with Crippen molar-refractivity contribution in [1.29, 1.82) is 0 Å². The van der Waals surface area contributed by atoms with Crippen LogP contribution in [0.2, 0.25) is 0 Å². The first-order chi connectivity index (χ1) is 12.1. The molecule has 4 heterocycles. The lowest BCUT2D eigenvalue weighted by atomic mass is 9.79. The van der Waals surface area contributed by atoms with Crippen LogP contribution in [0.15, 0.2) is 30.6 Å². The Labute approximate surface area is 150 Å². The maximum absolute atomic E-state index is 4.69. The minimum absolute atomic E-state index is 0.466. The van der Waals surface area contributed by atoms with Gasteiger partial charge in [0.2, 0.25) is 0 Å². The van der Waals surface area contributed by atoms with Gasteiger partial charge in [-0.3, -0.25) is 14.8 Å². The maximum Gasteiger partial charge on any atom is 0.122 e. The molecule has 0 radical (unpaired) electrons. The van der Waals surface area contributed by atoms with Gasteiger partial charge in [-0.05, 0) is 56.8 Å². The molecular weight excluding hydrogens is 310 g/mol. The fourth-order valence-electron chi connectivity index (χ4n) is 4.61. The highest BCUT2D eigenvalue weighted by Crippen LogP contribution is 2.39. The standard InChI is InChI=1S/C20H29N5/c1-17-5-3-6-18(22-17)13-24-10-4-7-20(15-24)8-11-25(16-20)14-19-21-9-12-23(19)2/h3,5-6,9,12H,4,7-8,10-11,13-16H2,1-2H3/t20-/m0/s1. The minimum atomic E-state index is 0.466. The number of aryl methyl sites for hydroxylation is 2. The lowest BCUT2D eigenvalue weighted by Crippen LogP contribution is -2.44. The second-order valence-electron chi connectivity index (χ2n) is 8.00. The summed E-state index contributed by atoms with van der Waals surface area (Å²) in [5.74, 6) is 1.17. The Morgan fingerprint density at radius 1 is 1.08 bits per heavy atom. The van der Waals surface area contributed by atoms with Crippen LogP contribution in [0.5, 0.6) is 0 Å². The lowest BCUT2D eigenvalue weighted by molar-refractivity contribution is 0.0853. The summed E-state index contributed by atoms with van der Waals surface area (Å²) in [7, 11) is 2.09. The number of rotatable bonds is 4. The van der Waals surface area contributed by atoms with Crippen molar-refractivity contribution in [1.82, 2.24) is 24.3 Å². The van der Waals surface area contributed by atoms with Crippen LogP contribution < -0.4 is 0 Å². The molecule has 0 aliphatic carbocycles. The summed E-state index contributed by atoms with van der Waals surface area (Å²) in [6, 6.07) is 6.37. The summed E-state index contributed by atoms with van der Waals surface area (Å²) in [4.78, 5) is 14.4. The predicted molar refractivity (Wildman–Crippen MR) is 99.0 cm³/mol. The molecule has 25 heavy (non-hydrogen) atoms. The zero-order valence-electron chi connectivity index (χ0n) is 15.5. The fraction of sp³-hybridized carbons (Fsp3) is 0.600. The predicted octanol–water partition coefficient (Wildman–Crippen LogP) is 2.61. The van der Waals surface area contributed by atoms with Crippen molar-refractivity contribution in [2.75, 3.05) is 26.2 Å². The van der Waals surface area contributed by atoms with Gasteiger partial charge in [-0.25, -0.2) is 4.98 Å². The number of likely N-dealkylation sites (tertiary alicyclic amines) is 2. The van der Waals surface area contributed by atoms with Crippen LogP contribution in [0.3, 0.4) is 0 Å². The average Bonchev–Trinajstić information content (AvgIpc) is 3.15. The van der Waals surface area contributed by atoms with E-state index >= 15 is 0 Å². The van der Waals surface area contributed by atoms with Crippen molar-refractivity contribution in [2.45, 2.75) is 39.3 Å². The van der Waals surface area contributed by atoms with Crippen LogP contribution in [0.1, 0.15) is 36.5 Å². The van der Waals surface area contributed by atoms with E-state index in [-0.39, 0.29) is 0 Å². The molecule has 0 unspecified atom stereocenters. The SMILES string of the molecule is Cc1cccc(CN2CCC[C@]3(CCN(Cc4nccn4C)C3)C2)n1. The first-order valence-electron chi connectivity index (χ1n) is 9.45. The number of imidazole rings is 1. The molecule has 0 saturated carbocycles. The molecule has 2 fully saturated rings. The second kappa shape index (κ2) is 6.89. The van der Waals surface area contributed by atoms with Crippen LogP contribution in [0.25, 0.3) is 0 Å². The molecule has 4 rings (SSSR count). The van der Waals surface area contributed by atoms with Gasteiger partial charge < -0.3 is 4.57 Å². The molecule has 2 aliphatic heterocycles. The third kappa shape index (κ3) is 3.77. The quantitative estimate of drug-likeness (QED) is 0.858. The highest BCUT2D eigenvalue weighted by molar-refractivity contribution is 5.10. The molecule has 0 amide bonds.